The van der Waals surface area contributed by atoms with Crippen LogP contribution in [0.5, 0.6) is 0 Å². The van der Waals surface area contributed by atoms with Crippen LogP contribution in [0.1, 0.15) is 173 Å². The molecule has 1 aromatic rings. The van der Waals surface area contributed by atoms with E-state index in [0.29, 0.717) is 6.42 Å². The molecular weight excluding hydrogens is 452 g/mol. The van der Waals surface area contributed by atoms with Crippen molar-refractivity contribution < 1.29 is 9.90 Å². The summed E-state index contributed by atoms with van der Waals surface area (Å²) in [6.07, 6.45) is 35.0. The molecule has 1 aromatic carbocycles. The lowest BCUT2D eigenvalue weighted by atomic mass is 9.93. The monoisotopic (exact) mass is 514 g/mol. The molecule has 0 amide bonds. The second-order valence-corrected chi connectivity index (χ2v) is 11.6. The lowest BCUT2D eigenvalue weighted by molar-refractivity contribution is -0.142. The van der Waals surface area contributed by atoms with E-state index in [0.717, 1.165) is 18.4 Å². The van der Waals surface area contributed by atoms with Crippen LogP contribution in [0.4, 0.5) is 0 Å². The fourth-order valence-electron chi connectivity index (χ4n) is 5.56. The topological polar surface area (TPSA) is 37.3 Å². The van der Waals surface area contributed by atoms with Crippen molar-refractivity contribution in [1.29, 1.82) is 0 Å². The van der Waals surface area contributed by atoms with Crippen LogP contribution in [0.15, 0.2) is 30.3 Å². The van der Waals surface area contributed by atoms with Gasteiger partial charge in [0.25, 0.3) is 0 Å². The number of unbranched alkanes of at least 4 members (excludes halogenated alkanes) is 23. The second-order valence-electron chi connectivity index (χ2n) is 11.6. The molecular formula is C35H62O2. The van der Waals surface area contributed by atoms with E-state index in [-0.39, 0.29) is 5.92 Å². The summed E-state index contributed by atoms with van der Waals surface area (Å²) in [6, 6.07) is 10.1. The van der Waals surface area contributed by atoms with Gasteiger partial charge in [0.2, 0.25) is 0 Å². The van der Waals surface area contributed by atoms with Gasteiger partial charge in [0.15, 0.2) is 0 Å². The zero-order chi connectivity index (χ0) is 26.7. The van der Waals surface area contributed by atoms with Crippen molar-refractivity contribution in [2.75, 3.05) is 0 Å². The maximum atomic E-state index is 11.6. The van der Waals surface area contributed by atoms with Gasteiger partial charge in [0.1, 0.15) is 0 Å². The van der Waals surface area contributed by atoms with Gasteiger partial charge in [-0.25, -0.2) is 0 Å². The third-order valence-electron chi connectivity index (χ3n) is 8.08. The molecule has 0 radical (unpaired) electrons. The molecule has 0 spiro atoms. The molecule has 214 valence electrons. The SMILES string of the molecule is CCCCCCCCCCCCCCCCCCCCCCCCCCC(Cc1ccccc1)C(=O)O. The minimum absolute atomic E-state index is 0.234. The number of carbonyl (C=O) groups is 1. The quantitative estimate of drug-likeness (QED) is 0.113. The summed E-state index contributed by atoms with van der Waals surface area (Å²) in [5, 5.41) is 9.52. The molecule has 1 atom stereocenters. The molecule has 0 saturated carbocycles. The van der Waals surface area contributed by atoms with Gasteiger partial charge in [-0.15, -0.1) is 0 Å². The third-order valence-corrected chi connectivity index (χ3v) is 8.08. The smallest absolute Gasteiger partial charge is 0.306 e. The summed E-state index contributed by atoms with van der Waals surface area (Å²) < 4.78 is 0. The van der Waals surface area contributed by atoms with Crippen LogP contribution in [0.3, 0.4) is 0 Å². The molecule has 2 nitrogen and oxygen atoms in total. The van der Waals surface area contributed by atoms with Gasteiger partial charge in [-0.2, -0.15) is 0 Å². The van der Waals surface area contributed by atoms with Gasteiger partial charge < -0.3 is 5.11 Å². The Morgan fingerprint density at radius 1 is 0.541 bits per heavy atom. The molecule has 1 rings (SSSR count). The number of carboxylic acids is 1. The zero-order valence-electron chi connectivity index (χ0n) is 24.7. The predicted molar refractivity (Wildman–Crippen MR) is 162 cm³/mol. The van der Waals surface area contributed by atoms with E-state index in [1.807, 2.05) is 30.3 Å². The Labute approximate surface area is 231 Å². The fraction of sp³-hybridized carbons (Fsp3) is 0.800. The van der Waals surface area contributed by atoms with E-state index in [9.17, 15) is 9.90 Å². The number of hydrogen-bond acceptors (Lipinski definition) is 1. The van der Waals surface area contributed by atoms with Crippen LogP contribution in [-0.2, 0) is 11.2 Å². The summed E-state index contributed by atoms with van der Waals surface area (Å²) in [7, 11) is 0. The Hall–Kier alpha value is -1.31. The molecule has 0 aromatic heterocycles. The van der Waals surface area contributed by atoms with Crippen LogP contribution >= 0.6 is 0 Å². The number of carboxylic acid groups (broad SMARTS) is 1. The van der Waals surface area contributed by atoms with Crippen molar-refractivity contribution in [3.8, 4) is 0 Å². The Balaban J connectivity index is 1.76. The first-order valence-electron chi connectivity index (χ1n) is 16.5. The third kappa shape index (κ3) is 22.4. The molecule has 37 heavy (non-hydrogen) atoms. The van der Waals surface area contributed by atoms with E-state index in [2.05, 4.69) is 6.92 Å². The minimum Gasteiger partial charge on any atom is -0.481 e. The molecule has 0 bridgehead atoms. The highest BCUT2D eigenvalue weighted by Gasteiger charge is 2.17. The van der Waals surface area contributed by atoms with Crippen molar-refractivity contribution in [3.63, 3.8) is 0 Å². The van der Waals surface area contributed by atoms with E-state index in [1.165, 1.54) is 148 Å². The summed E-state index contributed by atoms with van der Waals surface area (Å²) in [5.74, 6) is -0.875. The van der Waals surface area contributed by atoms with Crippen LogP contribution in [0, 0.1) is 5.92 Å². The van der Waals surface area contributed by atoms with Crippen molar-refractivity contribution in [2.45, 2.75) is 174 Å². The van der Waals surface area contributed by atoms with Crippen LogP contribution < -0.4 is 0 Å². The second kappa shape index (κ2) is 26.3. The lowest BCUT2D eigenvalue weighted by Crippen LogP contribution is -2.16. The van der Waals surface area contributed by atoms with Gasteiger partial charge >= 0.3 is 5.97 Å². The largest absolute Gasteiger partial charge is 0.481 e. The Morgan fingerprint density at radius 3 is 1.19 bits per heavy atom. The lowest BCUT2D eigenvalue weighted by Gasteiger charge is -2.12. The number of hydrogen-bond donors (Lipinski definition) is 1. The number of benzene rings is 1. The Morgan fingerprint density at radius 2 is 0.865 bits per heavy atom. The maximum absolute atomic E-state index is 11.6. The molecule has 0 aliphatic rings. The van der Waals surface area contributed by atoms with Gasteiger partial charge in [0, 0.05) is 0 Å². The molecule has 1 unspecified atom stereocenters. The zero-order valence-corrected chi connectivity index (χ0v) is 24.7. The average molecular weight is 515 g/mol. The predicted octanol–water partition coefficient (Wildman–Crippen LogP) is 11.7. The molecule has 1 N–H and O–H groups in total. The summed E-state index contributed by atoms with van der Waals surface area (Å²) in [6.45, 7) is 2.30. The standard InChI is InChI=1S/C35H62O2/c1-2-3-4-5-6-7-8-9-10-11-12-13-14-15-16-17-18-19-20-21-22-23-24-28-31-34(35(36)37)32-33-29-26-25-27-30-33/h25-27,29-30,34H,2-24,28,31-32H2,1H3,(H,36,37). The molecule has 2 heteroatoms. The summed E-state index contributed by atoms with van der Waals surface area (Å²) >= 11 is 0. The molecule has 0 saturated heterocycles. The van der Waals surface area contributed by atoms with Crippen LogP contribution in [-0.4, -0.2) is 11.1 Å². The number of aliphatic carboxylic acids is 1. The molecule has 0 heterocycles. The fourth-order valence-corrected chi connectivity index (χ4v) is 5.56. The Kier molecular flexibility index (Phi) is 24.0. The molecule has 0 aliphatic heterocycles. The maximum Gasteiger partial charge on any atom is 0.306 e. The van der Waals surface area contributed by atoms with E-state index in [1.54, 1.807) is 0 Å². The van der Waals surface area contributed by atoms with E-state index in [4.69, 9.17) is 0 Å². The van der Waals surface area contributed by atoms with Gasteiger partial charge in [-0.1, -0.05) is 191 Å². The highest BCUT2D eigenvalue weighted by Crippen LogP contribution is 2.19. The van der Waals surface area contributed by atoms with E-state index < -0.39 is 5.97 Å². The van der Waals surface area contributed by atoms with Gasteiger partial charge in [0.05, 0.1) is 5.92 Å². The first-order chi connectivity index (χ1) is 18.2. The summed E-state index contributed by atoms with van der Waals surface area (Å²) in [5.41, 5.74) is 1.14. The first kappa shape index (κ1) is 33.7. The highest BCUT2D eigenvalue weighted by atomic mass is 16.4. The van der Waals surface area contributed by atoms with Crippen molar-refractivity contribution in [3.05, 3.63) is 35.9 Å². The van der Waals surface area contributed by atoms with E-state index >= 15 is 0 Å². The normalized spacial score (nSPS) is 12.1. The average Bonchev–Trinajstić information content (AvgIpc) is 2.91. The van der Waals surface area contributed by atoms with Gasteiger partial charge in [-0.3, -0.25) is 4.79 Å². The van der Waals surface area contributed by atoms with Crippen LogP contribution in [0.2, 0.25) is 0 Å². The number of rotatable bonds is 28. The molecule has 0 aliphatic carbocycles. The molecule has 0 fully saturated rings. The summed E-state index contributed by atoms with van der Waals surface area (Å²) in [4.78, 5) is 11.6. The van der Waals surface area contributed by atoms with Crippen molar-refractivity contribution in [2.24, 2.45) is 5.92 Å². The first-order valence-corrected chi connectivity index (χ1v) is 16.5. The minimum atomic E-state index is -0.641. The van der Waals surface area contributed by atoms with Gasteiger partial charge in [-0.05, 0) is 18.4 Å². The Bertz CT molecular complexity index is 597. The highest BCUT2D eigenvalue weighted by molar-refractivity contribution is 5.70. The van der Waals surface area contributed by atoms with Crippen LogP contribution in [0.25, 0.3) is 0 Å². The van der Waals surface area contributed by atoms with Crippen molar-refractivity contribution in [1.82, 2.24) is 0 Å². The van der Waals surface area contributed by atoms with Crippen molar-refractivity contribution >= 4 is 5.97 Å².